The summed E-state index contributed by atoms with van der Waals surface area (Å²) in [6, 6.07) is 7.22. The highest BCUT2D eigenvalue weighted by Crippen LogP contribution is 2.31. The topological polar surface area (TPSA) is 67.8 Å². The number of nitrogens with zero attached hydrogens (tertiary/aromatic N) is 4. The Labute approximate surface area is 146 Å². The van der Waals surface area contributed by atoms with Crippen LogP contribution in [0, 0.1) is 0 Å². The van der Waals surface area contributed by atoms with E-state index in [0.29, 0.717) is 49.3 Å². The van der Waals surface area contributed by atoms with Crippen LogP contribution in [0.2, 0.25) is 0 Å². The first-order valence-corrected chi connectivity index (χ1v) is 8.52. The summed E-state index contributed by atoms with van der Waals surface area (Å²) in [6.45, 7) is 3.99. The summed E-state index contributed by atoms with van der Waals surface area (Å²) in [4.78, 5) is 25.3. The zero-order valence-corrected chi connectivity index (χ0v) is 13.9. The van der Waals surface area contributed by atoms with Crippen molar-refractivity contribution in [1.29, 1.82) is 0 Å². The van der Waals surface area contributed by atoms with Gasteiger partial charge in [0.25, 0.3) is 5.91 Å². The molecule has 1 fully saturated rings. The van der Waals surface area contributed by atoms with E-state index in [1.165, 1.54) is 0 Å². The largest absolute Gasteiger partial charge is 0.490 e. The van der Waals surface area contributed by atoms with Crippen molar-refractivity contribution in [1.82, 2.24) is 14.9 Å². The molecule has 2 aliphatic heterocycles. The molecule has 0 aliphatic carbocycles. The normalized spacial score (nSPS) is 17.1. The van der Waals surface area contributed by atoms with E-state index < -0.39 is 0 Å². The van der Waals surface area contributed by atoms with Crippen molar-refractivity contribution >= 4 is 11.9 Å². The maximum Gasteiger partial charge on any atom is 0.254 e. The number of hydrogen-bond donors (Lipinski definition) is 0. The standard InChI is InChI=1S/C18H20N4O3/c23-17(14-3-4-15-16(13-14)25-12-2-11-24-15)21-7-9-22(10-8-21)18-19-5-1-6-20-18/h1,3-6,13H,2,7-12H2. The second-order valence-corrected chi connectivity index (χ2v) is 6.04. The summed E-state index contributed by atoms with van der Waals surface area (Å²) in [5, 5.41) is 0. The van der Waals surface area contributed by atoms with Crippen molar-refractivity contribution in [2.45, 2.75) is 6.42 Å². The maximum atomic E-state index is 12.8. The van der Waals surface area contributed by atoms with Gasteiger partial charge in [0.15, 0.2) is 11.5 Å². The minimum atomic E-state index is 0.0178. The maximum absolute atomic E-state index is 12.8. The van der Waals surface area contributed by atoms with Crippen LogP contribution in [0.5, 0.6) is 11.5 Å². The number of aromatic nitrogens is 2. The van der Waals surface area contributed by atoms with Crippen molar-refractivity contribution in [3.63, 3.8) is 0 Å². The Morgan fingerprint density at radius 3 is 2.44 bits per heavy atom. The minimum absolute atomic E-state index is 0.0178. The van der Waals surface area contributed by atoms with Gasteiger partial charge in [-0.3, -0.25) is 4.79 Å². The predicted octanol–water partition coefficient (Wildman–Crippen LogP) is 1.60. The lowest BCUT2D eigenvalue weighted by molar-refractivity contribution is 0.0745. The highest BCUT2D eigenvalue weighted by atomic mass is 16.5. The number of amides is 1. The molecule has 0 spiro atoms. The van der Waals surface area contributed by atoms with Crippen molar-refractivity contribution in [2.75, 3.05) is 44.3 Å². The van der Waals surface area contributed by atoms with Gasteiger partial charge < -0.3 is 19.3 Å². The molecule has 0 bridgehead atoms. The Kier molecular flexibility index (Phi) is 4.37. The summed E-state index contributed by atoms with van der Waals surface area (Å²) in [5.41, 5.74) is 0.633. The first-order chi connectivity index (χ1) is 12.3. The van der Waals surface area contributed by atoms with Crippen LogP contribution in [0.1, 0.15) is 16.8 Å². The van der Waals surface area contributed by atoms with Crippen LogP contribution in [0.4, 0.5) is 5.95 Å². The predicted molar refractivity (Wildman–Crippen MR) is 92.2 cm³/mol. The minimum Gasteiger partial charge on any atom is -0.490 e. The lowest BCUT2D eigenvalue weighted by atomic mass is 10.1. The smallest absolute Gasteiger partial charge is 0.254 e. The zero-order valence-electron chi connectivity index (χ0n) is 13.9. The van der Waals surface area contributed by atoms with E-state index in [9.17, 15) is 4.79 Å². The van der Waals surface area contributed by atoms with Crippen LogP contribution < -0.4 is 14.4 Å². The van der Waals surface area contributed by atoms with E-state index in [-0.39, 0.29) is 5.91 Å². The molecule has 1 aromatic heterocycles. The van der Waals surface area contributed by atoms with Crippen LogP contribution in [0.3, 0.4) is 0 Å². The molecule has 0 saturated carbocycles. The molecular formula is C18H20N4O3. The fourth-order valence-electron chi connectivity index (χ4n) is 3.04. The van der Waals surface area contributed by atoms with Gasteiger partial charge in [0.05, 0.1) is 13.2 Å². The molecule has 2 aliphatic rings. The SMILES string of the molecule is O=C(c1ccc2c(c1)OCCCO2)N1CCN(c2ncccn2)CC1. The van der Waals surface area contributed by atoms with Gasteiger partial charge in [0.1, 0.15) is 0 Å². The molecule has 0 unspecified atom stereocenters. The fourth-order valence-corrected chi connectivity index (χ4v) is 3.04. The van der Waals surface area contributed by atoms with Crippen molar-refractivity contribution < 1.29 is 14.3 Å². The van der Waals surface area contributed by atoms with Crippen LogP contribution in [-0.2, 0) is 0 Å². The Morgan fingerprint density at radius 2 is 1.68 bits per heavy atom. The fraction of sp³-hybridized carbons (Fsp3) is 0.389. The van der Waals surface area contributed by atoms with E-state index in [1.807, 2.05) is 17.0 Å². The third-order valence-electron chi connectivity index (χ3n) is 4.40. The molecule has 7 heteroatoms. The molecule has 1 aromatic carbocycles. The van der Waals surface area contributed by atoms with Crippen molar-refractivity contribution in [3.8, 4) is 11.5 Å². The molecule has 2 aromatic rings. The van der Waals surface area contributed by atoms with Gasteiger partial charge >= 0.3 is 0 Å². The van der Waals surface area contributed by atoms with Gasteiger partial charge in [-0.2, -0.15) is 0 Å². The first kappa shape index (κ1) is 15.7. The van der Waals surface area contributed by atoms with Crippen LogP contribution >= 0.6 is 0 Å². The van der Waals surface area contributed by atoms with E-state index in [1.54, 1.807) is 24.5 Å². The summed E-state index contributed by atoms with van der Waals surface area (Å²) >= 11 is 0. The molecule has 130 valence electrons. The lowest BCUT2D eigenvalue weighted by Crippen LogP contribution is -2.49. The molecule has 25 heavy (non-hydrogen) atoms. The van der Waals surface area contributed by atoms with Crippen LogP contribution in [-0.4, -0.2) is 60.2 Å². The number of hydrogen-bond acceptors (Lipinski definition) is 6. The number of piperazine rings is 1. The number of fused-ring (bicyclic) bond motifs is 1. The van der Waals surface area contributed by atoms with Gasteiger partial charge in [-0.15, -0.1) is 0 Å². The Balaban J connectivity index is 1.43. The van der Waals surface area contributed by atoms with Crippen LogP contribution in [0.25, 0.3) is 0 Å². The molecule has 1 saturated heterocycles. The highest BCUT2D eigenvalue weighted by molar-refractivity contribution is 5.95. The van der Waals surface area contributed by atoms with Crippen LogP contribution in [0.15, 0.2) is 36.7 Å². The number of benzene rings is 1. The van der Waals surface area contributed by atoms with Gasteiger partial charge in [-0.1, -0.05) is 0 Å². The Bertz CT molecular complexity index is 745. The van der Waals surface area contributed by atoms with E-state index in [4.69, 9.17) is 9.47 Å². The molecule has 0 N–H and O–H groups in total. The molecule has 3 heterocycles. The third-order valence-corrected chi connectivity index (χ3v) is 4.40. The van der Waals surface area contributed by atoms with Crippen molar-refractivity contribution in [3.05, 3.63) is 42.2 Å². The quantitative estimate of drug-likeness (QED) is 0.827. The zero-order chi connectivity index (χ0) is 17.1. The van der Waals surface area contributed by atoms with E-state index in [0.717, 1.165) is 19.5 Å². The molecular weight excluding hydrogens is 320 g/mol. The molecule has 1 amide bonds. The monoisotopic (exact) mass is 340 g/mol. The second kappa shape index (κ2) is 6.96. The summed E-state index contributed by atoms with van der Waals surface area (Å²) in [6.07, 6.45) is 4.32. The number of carbonyl (C=O) groups is 1. The average molecular weight is 340 g/mol. The van der Waals surface area contributed by atoms with E-state index >= 15 is 0 Å². The molecule has 0 atom stereocenters. The number of rotatable bonds is 2. The Hall–Kier alpha value is -2.83. The molecule has 7 nitrogen and oxygen atoms in total. The highest BCUT2D eigenvalue weighted by Gasteiger charge is 2.24. The second-order valence-electron chi connectivity index (χ2n) is 6.04. The third kappa shape index (κ3) is 3.35. The number of anilines is 1. The lowest BCUT2D eigenvalue weighted by Gasteiger charge is -2.34. The number of ether oxygens (including phenoxy) is 2. The average Bonchev–Trinajstić information content (AvgIpc) is 2.93. The first-order valence-electron chi connectivity index (χ1n) is 8.52. The van der Waals surface area contributed by atoms with Gasteiger partial charge in [0.2, 0.25) is 5.95 Å². The molecule has 0 radical (unpaired) electrons. The summed E-state index contributed by atoms with van der Waals surface area (Å²) in [5.74, 6) is 2.09. The number of carbonyl (C=O) groups excluding carboxylic acids is 1. The van der Waals surface area contributed by atoms with E-state index in [2.05, 4.69) is 14.9 Å². The Morgan fingerprint density at radius 1 is 0.960 bits per heavy atom. The van der Waals surface area contributed by atoms with Crippen molar-refractivity contribution in [2.24, 2.45) is 0 Å². The molecule has 4 rings (SSSR count). The summed E-state index contributed by atoms with van der Waals surface area (Å²) < 4.78 is 11.3. The van der Waals surface area contributed by atoms with Gasteiger partial charge in [-0.25, -0.2) is 9.97 Å². The van der Waals surface area contributed by atoms with Gasteiger partial charge in [0, 0.05) is 50.6 Å². The summed E-state index contributed by atoms with van der Waals surface area (Å²) in [7, 11) is 0. The van der Waals surface area contributed by atoms with Gasteiger partial charge in [-0.05, 0) is 24.3 Å².